The van der Waals surface area contributed by atoms with E-state index >= 15 is 0 Å². The zero-order valence-corrected chi connectivity index (χ0v) is 10.8. The number of hydrogen-bond donors (Lipinski definition) is 2. The fourth-order valence-corrected chi connectivity index (χ4v) is 3.84. The van der Waals surface area contributed by atoms with Crippen molar-refractivity contribution in [2.75, 3.05) is 6.16 Å². The molecule has 0 radical (unpaired) electrons. The summed E-state index contributed by atoms with van der Waals surface area (Å²) >= 11 is 0. The van der Waals surface area contributed by atoms with E-state index in [1.54, 1.807) is 0 Å². The van der Waals surface area contributed by atoms with E-state index in [9.17, 15) is 4.79 Å². The average molecular weight is 258 g/mol. The zero-order valence-electron chi connectivity index (χ0n) is 9.91. The van der Waals surface area contributed by atoms with Crippen molar-refractivity contribution in [1.29, 1.82) is 0 Å². The summed E-state index contributed by atoms with van der Waals surface area (Å²) in [5, 5.41) is 2.37. The fraction of sp³-hybridized carbons (Fsp3) is 0.0714. The highest BCUT2D eigenvalue weighted by molar-refractivity contribution is 7.73. The Balaban J connectivity index is 2.32. The van der Waals surface area contributed by atoms with Crippen molar-refractivity contribution < 1.29 is 4.79 Å². The van der Waals surface area contributed by atoms with Gasteiger partial charge >= 0.3 is 0 Å². The van der Waals surface area contributed by atoms with Gasteiger partial charge in [0.25, 0.3) is 0 Å². The predicted molar refractivity (Wildman–Crippen MR) is 76.3 cm³/mol. The third-order valence-electron chi connectivity index (χ3n) is 2.60. The minimum Gasteiger partial charge on any atom is -0.294 e. The normalized spacial score (nSPS) is 10.3. The van der Waals surface area contributed by atoms with Crippen molar-refractivity contribution >= 4 is 24.4 Å². The smallest absolute Gasteiger partial charge is 0.238 e. The van der Waals surface area contributed by atoms with Crippen molar-refractivity contribution in [3.63, 3.8) is 0 Å². The molecule has 0 aromatic heterocycles. The van der Waals surface area contributed by atoms with Crippen LogP contribution in [-0.4, -0.2) is 12.1 Å². The fourth-order valence-electron chi connectivity index (χ4n) is 1.74. The van der Waals surface area contributed by atoms with E-state index in [0.717, 1.165) is 0 Å². The summed E-state index contributed by atoms with van der Waals surface area (Å²) < 4.78 is 0. The molecule has 0 bridgehead atoms. The molecule has 0 saturated heterocycles. The van der Waals surface area contributed by atoms with Crippen LogP contribution in [0.1, 0.15) is 0 Å². The molecule has 0 heterocycles. The Morgan fingerprint density at radius 3 is 1.78 bits per heavy atom. The Hall–Kier alpha value is -1.70. The van der Waals surface area contributed by atoms with Gasteiger partial charge < -0.3 is 0 Å². The van der Waals surface area contributed by atoms with Crippen LogP contribution in [0.2, 0.25) is 0 Å². The lowest BCUT2D eigenvalue weighted by atomic mass is 10.4. The standard InChI is InChI=1S/C14H15N2OP/c15-16-14(17)11-18(12-7-3-1-4-8-12)13-9-5-2-6-10-13/h1-10H,11,15H2,(H,16,17). The van der Waals surface area contributed by atoms with Gasteiger partial charge in [-0.15, -0.1) is 0 Å². The van der Waals surface area contributed by atoms with Crippen LogP contribution in [0.5, 0.6) is 0 Å². The zero-order chi connectivity index (χ0) is 12.8. The van der Waals surface area contributed by atoms with E-state index in [0.29, 0.717) is 6.16 Å². The van der Waals surface area contributed by atoms with Gasteiger partial charge in [0.1, 0.15) is 0 Å². The minimum absolute atomic E-state index is 0.131. The monoisotopic (exact) mass is 258 g/mol. The van der Waals surface area contributed by atoms with Gasteiger partial charge in [0.15, 0.2) is 0 Å². The van der Waals surface area contributed by atoms with Gasteiger partial charge in [-0.05, 0) is 18.5 Å². The van der Waals surface area contributed by atoms with Crippen LogP contribution in [0, 0.1) is 0 Å². The molecular formula is C14H15N2OP. The van der Waals surface area contributed by atoms with Crippen LogP contribution >= 0.6 is 7.92 Å². The highest BCUT2D eigenvalue weighted by Gasteiger charge is 2.16. The molecule has 0 aliphatic heterocycles. The number of benzene rings is 2. The number of rotatable bonds is 4. The van der Waals surface area contributed by atoms with Gasteiger partial charge in [-0.25, -0.2) is 5.84 Å². The van der Waals surface area contributed by atoms with E-state index in [-0.39, 0.29) is 5.91 Å². The first-order valence-corrected chi connectivity index (χ1v) is 7.21. The van der Waals surface area contributed by atoms with E-state index < -0.39 is 7.92 Å². The molecule has 0 aliphatic carbocycles. The van der Waals surface area contributed by atoms with Gasteiger partial charge in [-0.3, -0.25) is 10.2 Å². The van der Waals surface area contributed by atoms with Crippen molar-refractivity contribution in [2.45, 2.75) is 0 Å². The lowest BCUT2D eigenvalue weighted by Gasteiger charge is -2.17. The quantitative estimate of drug-likeness (QED) is 0.373. The highest BCUT2D eigenvalue weighted by atomic mass is 31.1. The molecule has 2 rings (SSSR count). The maximum absolute atomic E-state index is 11.5. The summed E-state index contributed by atoms with van der Waals surface area (Å²) in [4.78, 5) is 11.5. The summed E-state index contributed by atoms with van der Waals surface area (Å²) in [5.41, 5.74) is 2.21. The van der Waals surface area contributed by atoms with E-state index in [1.807, 2.05) is 36.4 Å². The molecule has 1 amide bonds. The van der Waals surface area contributed by atoms with Gasteiger partial charge in [0.2, 0.25) is 5.91 Å². The second kappa shape index (κ2) is 6.29. The molecule has 0 unspecified atom stereocenters. The van der Waals surface area contributed by atoms with Crippen LogP contribution in [0.4, 0.5) is 0 Å². The largest absolute Gasteiger partial charge is 0.294 e. The number of nitrogens with two attached hydrogens (primary N) is 1. The van der Waals surface area contributed by atoms with E-state index in [2.05, 4.69) is 29.7 Å². The molecule has 92 valence electrons. The molecule has 2 aromatic carbocycles. The van der Waals surface area contributed by atoms with Crippen molar-refractivity contribution in [3.8, 4) is 0 Å². The maximum Gasteiger partial charge on any atom is 0.238 e. The number of carbonyl (C=O) groups excluding carboxylic acids is 1. The third-order valence-corrected chi connectivity index (χ3v) is 5.04. The summed E-state index contributed by atoms with van der Waals surface area (Å²) in [6.07, 6.45) is 0.417. The predicted octanol–water partition coefficient (Wildman–Crippen LogP) is 1.11. The summed E-state index contributed by atoms with van der Waals surface area (Å²) in [7, 11) is -0.688. The van der Waals surface area contributed by atoms with Gasteiger partial charge in [-0.2, -0.15) is 0 Å². The van der Waals surface area contributed by atoms with E-state index in [1.165, 1.54) is 10.6 Å². The minimum atomic E-state index is -0.688. The molecule has 18 heavy (non-hydrogen) atoms. The van der Waals surface area contributed by atoms with Crippen molar-refractivity contribution in [1.82, 2.24) is 5.43 Å². The highest BCUT2D eigenvalue weighted by Crippen LogP contribution is 2.32. The van der Waals surface area contributed by atoms with Crippen LogP contribution in [0.3, 0.4) is 0 Å². The number of amides is 1. The van der Waals surface area contributed by atoms with Crippen LogP contribution < -0.4 is 21.9 Å². The van der Waals surface area contributed by atoms with E-state index in [4.69, 9.17) is 5.84 Å². The lowest BCUT2D eigenvalue weighted by molar-refractivity contribution is -0.118. The Morgan fingerprint density at radius 2 is 1.39 bits per heavy atom. The SMILES string of the molecule is NNC(=O)CP(c1ccccc1)c1ccccc1. The summed E-state index contributed by atoms with van der Waals surface area (Å²) in [5.74, 6) is 5.06. The second-order valence-corrected chi connectivity index (χ2v) is 6.03. The molecule has 0 fully saturated rings. The van der Waals surface area contributed by atoms with Gasteiger partial charge in [0.05, 0.1) is 6.16 Å². The number of nitrogens with one attached hydrogen (secondary N) is 1. The number of hydrogen-bond acceptors (Lipinski definition) is 2. The Bertz CT molecular complexity index is 462. The molecule has 0 saturated carbocycles. The third kappa shape index (κ3) is 3.16. The maximum atomic E-state index is 11.5. The topological polar surface area (TPSA) is 55.1 Å². The molecule has 4 heteroatoms. The van der Waals surface area contributed by atoms with Crippen LogP contribution in [0.15, 0.2) is 60.7 Å². The molecular weight excluding hydrogens is 243 g/mol. The van der Waals surface area contributed by atoms with Crippen LogP contribution in [0.25, 0.3) is 0 Å². The molecule has 0 atom stereocenters. The first-order valence-electron chi connectivity index (χ1n) is 5.68. The van der Waals surface area contributed by atoms with Crippen LogP contribution in [-0.2, 0) is 4.79 Å². The number of carbonyl (C=O) groups is 1. The summed E-state index contributed by atoms with van der Waals surface area (Å²) in [6, 6.07) is 20.2. The Labute approximate surface area is 108 Å². The lowest BCUT2D eigenvalue weighted by Crippen LogP contribution is -2.34. The molecule has 0 aliphatic rings. The van der Waals surface area contributed by atoms with Gasteiger partial charge in [-0.1, -0.05) is 60.7 Å². The average Bonchev–Trinajstić information content (AvgIpc) is 2.46. The molecule has 0 spiro atoms. The van der Waals surface area contributed by atoms with Crippen molar-refractivity contribution in [3.05, 3.63) is 60.7 Å². The molecule has 3 nitrogen and oxygen atoms in total. The molecule has 3 N–H and O–H groups in total. The van der Waals surface area contributed by atoms with Gasteiger partial charge in [0, 0.05) is 0 Å². The first-order chi connectivity index (χ1) is 8.81. The number of hydrazine groups is 1. The first kappa shape index (κ1) is 12.7. The Morgan fingerprint density at radius 1 is 0.944 bits per heavy atom. The molecule has 2 aromatic rings. The second-order valence-electron chi connectivity index (χ2n) is 3.82. The Kier molecular flexibility index (Phi) is 4.46. The summed E-state index contributed by atoms with van der Waals surface area (Å²) in [6.45, 7) is 0. The van der Waals surface area contributed by atoms with Crippen molar-refractivity contribution in [2.24, 2.45) is 5.84 Å².